The summed E-state index contributed by atoms with van der Waals surface area (Å²) in [6.07, 6.45) is 4.61. The molecule has 0 amide bonds. The van der Waals surface area contributed by atoms with Crippen molar-refractivity contribution in [3.63, 3.8) is 0 Å². The average Bonchev–Trinajstić information content (AvgIpc) is 2.28. The molecule has 1 unspecified atom stereocenters. The lowest BCUT2D eigenvalue weighted by Crippen LogP contribution is -2.38. The van der Waals surface area contributed by atoms with Crippen molar-refractivity contribution in [1.82, 2.24) is 4.90 Å². The van der Waals surface area contributed by atoms with Crippen molar-refractivity contribution in [1.29, 1.82) is 0 Å². The zero-order valence-electron chi connectivity index (χ0n) is 10.2. The lowest BCUT2D eigenvalue weighted by atomic mass is 10.2. The molecule has 0 aromatic carbocycles. The third-order valence-electron chi connectivity index (χ3n) is 3.04. The van der Waals surface area contributed by atoms with Crippen LogP contribution in [0.5, 0.6) is 0 Å². The maximum absolute atomic E-state index is 10.3. The van der Waals surface area contributed by atoms with Gasteiger partial charge in [0.2, 0.25) is 0 Å². The van der Waals surface area contributed by atoms with E-state index in [9.17, 15) is 4.79 Å². The Kier molecular flexibility index (Phi) is 6.88. The van der Waals surface area contributed by atoms with E-state index in [4.69, 9.17) is 5.11 Å². The lowest BCUT2D eigenvalue weighted by molar-refractivity contribution is -0.137. The molecule has 0 aliphatic carbocycles. The summed E-state index contributed by atoms with van der Waals surface area (Å²) in [5.41, 5.74) is 0. The monoisotopic (exact) mass is 245 g/mol. The van der Waals surface area contributed by atoms with Gasteiger partial charge in [0, 0.05) is 30.5 Å². The molecule has 3 nitrogen and oxygen atoms in total. The van der Waals surface area contributed by atoms with Gasteiger partial charge in [-0.15, -0.1) is 0 Å². The Bertz CT molecular complexity index is 211. The van der Waals surface area contributed by atoms with Gasteiger partial charge in [0.25, 0.3) is 0 Å². The summed E-state index contributed by atoms with van der Waals surface area (Å²) in [5, 5.41) is 9.33. The Balaban J connectivity index is 2.01. The van der Waals surface area contributed by atoms with E-state index in [1.165, 1.54) is 25.3 Å². The number of carbonyl (C=O) groups is 1. The maximum Gasteiger partial charge on any atom is 0.303 e. The average molecular weight is 245 g/mol. The number of thioether (sulfide) groups is 1. The first-order valence-electron chi connectivity index (χ1n) is 6.28. The van der Waals surface area contributed by atoms with Crippen molar-refractivity contribution in [3.05, 3.63) is 0 Å². The zero-order valence-corrected chi connectivity index (χ0v) is 11.0. The van der Waals surface area contributed by atoms with E-state index in [0.717, 1.165) is 31.1 Å². The molecule has 1 saturated heterocycles. The lowest BCUT2D eigenvalue weighted by Gasteiger charge is -2.31. The minimum atomic E-state index is -0.666. The van der Waals surface area contributed by atoms with Crippen molar-refractivity contribution in [2.75, 3.05) is 25.4 Å². The van der Waals surface area contributed by atoms with Crippen LogP contribution in [0.1, 0.15) is 39.0 Å². The summed E-state index contributed by atoms with van der Waals surface area (Å²) in [5.74, 6) is 0.591. The van der Waals surface area contributed by atoms with Crippen LogP contribution in [0, 0.1) is 0 Å². The molecule has 1 atom stereocenters. The van der Waals surface area contributed by atoms with E-state index in [1.807, 2.05) is 0 Å². The fourth-order valence-electron chi connectivity index (χ4n) is 2.02. The van der Waals surface area contributed by atoms with Crippen LogP contribution in [-0.2, 0) is 4.79 Å². The minimum absolute atomic E-state index is 0.327. The smallest absolute Gasteiger partial charge is 0.303 e. The SMILES string of the molecule is CCC1CN(CCCCCC(=O)O)CCS1. The number of nitrogens with zero attached hydrogens (tertiary/aromatic N) is 1. The van der Waals surface area contributed by atoms with Crippen LogP contribution >= 0.6 is 11.8 Å². The summed E-state index contributed by atoms with van der Waals surface area (Å²) in [7, 11) is 0. The molecule has 0 aromatic rings. The quantitative estimate of drug-likeness (QED) is 0.700. The maximum atomic E-state index is 10.3. The van der Waals surface area contributed by atoms with Crippen LogP contribution < -0.4 is 0 Å². The number of carboxylic acids is 1. The third-order valence-corrected chi connectivity index (χ3v) is 4.42. The normalized spacial score (nSPS) is 22.2. The largest absolute Gasteiger partial charge is 0.481 e. The molecule has 16 heavy (non-hydrogen) atoms. The fraction of sp³-hybridized carbons (Fsp3) is 0.917. The second-order valence-corrected chi connectivity index (χ2v) is 5.81. The minimum Gasteiger partial charge on any atom is -0.481 e. The summed E-state index contributed by atoms with van der Waals surface area (Å²) in [6.45, 7) is 5.84. The predicted octanol–water partition coefficient (Wildman–Crippen LogP) is 2.46. The molecule has 1 aliphatic rings. The van der Waals surface area contributed by atoms with Crippen LogP contribution in [0.4, 0.5) is 0 Å². The summed E-state index contributed by atoms with van der Waals surface area (Å²) in [6, 6.07) is 0. The van der Waals surface area contributed by atoms with Gasteiger partial charge in [-0.2, -0.15) is 11.8 Å². The Morgan fingerprint density at radius 3 is 2.94 bits per heavy atom. The third kappa shape index (κ3) is 5.75. The Labute approximate surface area is 103 Å². The highest BCUT2D eigenvalue weighted by atomic mass is 32.2. The van der Waals surface area contributed by atoms with E-state index < -0.39 is 5.97 Å². The van der Waals surface area contributed by atoms with Gasteiger partial charge in [0.15, 0.2) is 0 Å². The van der Waals surface area contributed by atoms with Gasteiger partial charge >= 0.3 is 5.97 Å². The van der Waals surface area contributed by atoms with Crippen molar-refractivity contribution < 1.29 is 9.90 Å². The fourth-order valence-corrected chi connectivity index (χ4v) is 3.27. The second-order valence-electron chi connectivity index (χ2n) is 4.41. The van der Waals surface area contributed by atoms with Crippen molar-refractivity contribution in [2.24, 2.45) is 0 Å². The standard InChI is InChI=1S/C12H23NO2S/c1-2-11-10-13(8-9-16-11)7-5-3-4-6-12(14)15/h11H,2-10H2,1H3,(H,14,15). The van der Waals surface area contributed by atoms with E-state index in [2.05, 4.69) is 23.6 Å². The first-order chi connectivity index (χ1) is 7.72. The summed E-state index contributed by atoms with van der Waals surface area (Å²) < 4.78 is 0. The highest BCUT2D eigenvalue weighted by Gasteiger charge is 2.17. The van der Waals surface area contributed by atoms with Crippen molar-refractivity contribution >= 4 is 17.7 Å². The molecule has 1 rings (SSSR count). The molecule has 0 spiro atoms. The van der Waals surface area contributed by atoms with Crippen LogP contribution in [0.15, 0.2) is 0 Å². The Morgan fingerprint density at radius 2 is 2.25 bits per heavy atom. The first-order valence-corrected chi connectivity index (χ1v) is 7.33. The topological polar surface area (TPSA) is 40.5 Å². The van der Waals surface area contributed by atoms with Gasteiger partial charge in [-0.05, 0) is 25.8 Å². The number of rotatable bonds is 7. The van der Waals surface area contributed by atoms with Crippen LogP contribution in [-0.4, -0.2) is 46.6 Å². The first kappa shape index (κ1) is 13.8. The summed E-state index contributed by atoms with van der Waals surface area (Å²) >= 11 is 2.10. The molecule has 94 valence electrons. The van der Waals surface area contributed by atoms with E-state index in [0.29, 0.717) is 6.42 Å². The molecular formula is C12H23NO2S. The molecule has 1 N–H and O–H groups in total. The number of aliphatic carboxylic acids is 1. The van der Waals surface area contributed by atoms with E-state index in [-0.39, 0.29) is 0 Å². The molecule has 0 radical (unpaired) electrons. The second kappa shape index (κ2) is 7.96. The van der Waals surface area contributed by atoms with Gasteiger partial charge in [-0.25, -0.2) is 0 Å². The molecule has 1 heterocycles. The number of hydrogen-bond acceptors (Lipinski definition) is 3. The van der Waals surface area contributed by atoms with Gasteiger partial charge in [-0.1, -0.05) is 13.3 Å². The van der Waals surface area contributed by atoms with Crippen molar-refractivity contribution in [2.45, 2.75) is 44.3 Å². The van der Waals surface area contributed by atoms with Crippen LogP contribution in [0.3, 0.4) is 0 Å². The van der Waals surface area contributed by atoms with E-state index >= 15 is 0 Å². The van der Waals surface area contributed by atoms with Gasteiger partial charge in [0.1, 0.15) is 0 Å². The van der Waals surface area contributed by atoms with Gasteiger partial charge in [0.05, 0.1) is 0 Å². The highest BCUT2D eigenvalue weighted by molar-refractivity contribution is 8.00. The molecule has 0 saturated carbocycles. The zero-order chi connectivity index (χ0) is 11.8. The molecule has 0 bridgehead atoms. The Morgan fingerprint density at radius 1 is 1.44 bits per heavy atom. The number of unbranched alkanes of at least 4 members (excludes halogenated alkanes) is 2. The van der Waals surface area contributed by atoms with Crippen molar-refractivity contribution in [3.8, 4) is 0 Å². The predicted molar refractivity (Wildman–Crippen MR) is 69.1 cm³/mol. The summed E-state index contributed by atoms with van der Waals surface area (Å²) in [4.78, 5) is 12.9. The molecular weight excluding hydrogens is 222 g/mol. The molecule has 4 heteroatoms. The molecule has 0 aromatic heterocycles. The van der Waals surface area contributed by atoms with Crippen LogP contribution in [0.2, 0.25) is 0 Å². The van der Waals surface area contributed by atoms with E-state index in [1.54, 1.807) is 0 Å². The van der Waals surface area contributed by atoms with Crippen LogP contribution in [0.25, 0.3) is 0 Å². The molecule has 1 aliphatic heterocycles. The molecule has 1 fully saturated rings. The van der Waals surface area contributed by atoms with Gasteiger partial charge < -0.3 is 10.0 Å². The highest BCUT2D eigenvalue weighted by Crippen LogP contribution is 2.21. The van der Waals surface area contributed by atoms with Gasteiger partial charge in [-0.3, -0.25) is 4.79 Å². The Hall–Kier alpha value is -0.220. The number of carboxylic acid groups (broad SMARTS) is 1. The number of hydrogen-bond donors (Lipinski definition) is 1.